The fourth-order valence-corrected chi connectivity index (χ4v) is 4.66. The number of nitrogens with one attached hydrogen (secondary N) is 1. The third-order valence-corrected chi connectivity index (χ3v) is 6.89. The lowest BCUT2D eigenvalue weighted by Gasteiger charge is -2.15. The number of anilines is 1. The van der Waals surface area contributed by atoms with Gasteiger partial charge in [-0.2, -0.15) is 0 Å². The molecule has 168 valence electrons. The van der Waals surface area contributed by atoms with Crippen molar-refractivity contribution < 1.29 is 14.3 Å². The number of carbonyl (C=O) groups is 1. The Labute approximate surface area is 196 Å². The van der Waals surface area contributed by atoms with E-state index in [0.717, 1.165) is 47.2 Å². The molecule has 1 amide bonds. The molecule has 0 saturated carbocycles. The number of hydrogen-bond acceptors (Lipinski definition) is 7. The highest BCUT2D eigenvalue weighted by molar-refractivity contribution is 7.99. The predicted molar refractivity (Wildman–Crippen MR) is 129 cm³/mol. The Kier molecular flexibility index (Phi) is 7.72. The van der Waals surface area contributed by atoms with Gasteiger partial charge in [0.1, 0.15) is 5.75 Å². The van der Waals surface area contributed by atoms with Gasteiger partial charge in [-0.15, -0.1) is 22.0 Å². The summed E-state index contributed by atoms with van der Waals surface area (Å²) in [5, 5.41) is 12.5. The quantitative estimate of drug-likeness (QED) is 0.459. The predicted octanol–water partition coefficient (Wildman–Crippen LogP) is 4.59. The topological polar surface area (TPSA) is 78.3 Å². The highest BCUT2D eigenvalue weighted by Crippen LogP contribution is 2.28. The molecule has 0 radical (unpaired) electrons. The Balaban J connectivity index is 1.47. The number of rotatable bonds is 9. The molecule has 4 rings (SSSR count). The van der Waals surface area contributed by atoms with Crippen LogP contribution in [0.4, 0.5) is 5.69 Å². The number of amides is 1. The molecule has 1 aliphatic rings. The lowest BCUT2D eigenvalue weighted by atomic mass is 10.2. The Hall–Kier alpha value is -2.49. The van der Waals surface area contributed by atoms with Gasteiger partial charge in [-0.25, -0.2) is 0 Å². The van der Waals surface area contributed by atoms with Crippen LogP contribution >= 0.6 is 23.5 Å². The van der Waals surface area contributed by atoms with Gasteiger partial charge in [0, 0.05) is 22.8 Å². The van der Waals surface area contributed by atoms with E-state index < -0.39 is 0 Å². The summed E-state index contributed by atoms with van der Waals surface area (Å²) in [6.45, 7) is 1.44. The molecule has 1 fully saturated rings. The molecule has 1 N–H and O–H groups in total. The van der Waals surface area contributed by atoms with Gasteiger partial charge in [0.2, 0.25) is 5.91 Å². The number of aromatic nitrogens is 3. The molecule has 0 spiro atoms. The summed E-state index contributed by atoms with van der Waals surface area (Å²) >= 11 is 3.05. The molecule has 1 saturated heterocycles. The third-order valence-electron chi connectivity index (χ3n) is 5.18. The zero-order valence-corrected chi connectivity index (χ0v) is 19.7. The van der Waals surface area contributed by atoms with Crippen molar-refractivity contribution in [2.24, 2.45) is 0 Å². The summed E-state index contributed by atoms with van der Waals surface area (Å²) in [6, 6.07) is 15.6. The number of thioether (sulfide) groups is 2. The summed E-state index contributed by atoms with van der Waals surface area (Å²) in [4.78, 5) is 13.7. The van der Waals surface area contributed by atoms with E-state index >= 15 is 0 Å². The van der Waals surface area contributed by atoms with Crippen LogP contribution in [0.5, 0.6) is 5.75 Å². The average Bonchev–Trinajstić information content (AvgIpc) is 3.49. The van der Waals surface area contributed by atoms with Crippen LogP contribution in [0.2, 0.25) is 0 Å². The summed E-state index contributed by atoms with van der Waals surface area (Å²) < 4.78 is 13.2. The zero-order valence-electron chi connectivity index (χ0n) is 18.1. The Morgan fingerprint density at radius 3 is 2.62 bits per heavy atom. The zero-order chi connectivity index (χ0) is 22.3. The number of hydrogen-bond donors (Lipinski definition) is 1. The maximum Gasteiger partial charge on any atom is 0.234 e. The van der Waals surface area contributed by atoms with Crippen molar-refractivity contribution in [2.45, 2.75) is 35.5 Å². The first-order valence-corrected chi connectivity index (χ1v) is 12.6. The largest absolute Gasteiger partial charge is 0.497 e. The van der Waals surface area contributed by atoms with Crippen LogP contribution in [0.15, 0.2) is 58.6 Å². The average molecular weight is 471 g/mol. The molecule has 3 aromatic rings. The Bertz CT molecular complexity index is 1030. The first-order chi connectivity index (χ1) is 15.7. The summed E-state index contributed by atoms with van der Waals surface area (Å²) in [6.07, 6.45) is 4.23. The lowest BCUT2D eigenvalue weighted by Crippen LogP contribution is -2.18. The van der Waals surface area contributed by atoms with E-state index in [1.807, 2.05) is 54.8 Å². The van der Waals surface area contributed by atoms with E-state index in [1.165, 1.54) is 11.8 Å². The van der Waals surface area contributed by atoms with Crippen molar-refractivity contribution >= 4 is 35.1 Å². The van der Waals surface area contributed by atoms with Crippen molar-refractivity contribution in [3.8, 4) is 17.1 Å². The molecule has 1 aliphatic heterocycles. The number of methoxy groups -OCH3 is 1. The maximum absolute atomic E-state index is 12.5. The van der Waals surface area contributed by atoms with E-state index in [0.29, 0.717) is 11.7 Å². The van der Waals surface area contributed by atoms with Crippen LogP contribution < -0.4 is 10.1 Å². The fourth-order valence-electron chi connectivity index (χ4n) is 3.51. The van der Waals surface area contributed by atoms with E-state index in [-0.39, 0.29) is 17.8 Å². The highest BCUT2D eigenvalue weighted by Gasteiger charge is 2.22. The van der Waals surface area contributed by atoms with E-state index in [9.17, 15) is 4.79 Å². The van der Waals surface area contributed by atoms with Crippen LogP contribution in [-0.4, -0.2) is 52.5 Å². The second kappa shape index (κ2) is 10.9. The van der Waals surface area contributed by atoms with Gasteiger partial charge in [-0.1, -0.05) is 11.8 Å². The second-order valence-corrected chi connectivity index (χ2v) is 9.17. The number of nitrogens with zero attached hydrogens (tertiary/aromatic N) is 3. The standard InChI is InChI=1S/C23H26N4O3S2/c1-29-18-9-5-16(6-10-18)22-25-26-23(27(22)14-19-4-3-13-30-19)32-15-21(28)24-17-7-11-20(31-2)12-8-17/h5-12,19H,3-4,13-15H2,1-2H3,(H,24,28). The van der Waals surface area contributed by atoms with E-state index in [2.05, 4.69) is 20.1 Å². The summed E-state index contributed by atoms with van der Waals surface area (Å²) in [5.41, 5.74) is 1.73. The van der Waals surface area contributed by atoms with Crippen molar-refractivity contribution in [1.29, 1.82) is 0 Å². The van der Waals surface area contributed by atoms with Gasteiger partial charge >= 0.3 is 0 Å². The van der Waals surface area contributed by atoms with Gasteiger partial charge in [-0.3, -0.25) is 9.36 Å². The van der Waals surface area contributed by atoms with Crippen molar-refractivity contribution in [2.75, 3.05) is 31.0 Å². The van der Waals surface area contributed by atoms with Gasteiger partial charge in [-0.05, 0) is 67.6 Å². The van der Waals surface area contributed by atoms with Crippen LogP contribution in [0.25, 0.3) is 11.4 Å². The van der Waals surface area contributed by atoms with E-state index in [1.54, 1.807) is 18.9 Å². The first-order valence-electron chi connectivity index (χ1n) is 10.4. The maximum atomic E-state index is 12.5. The molecule has 1 unspecified atom stereocenters. The van der Waals surface area contributed by atoms with Gasteiger partial charge < -0.3 is 14.8 Å². The van der Waals surface area contributed by atoms with Gasteiger partial charge in [0.05, 0.1) is 25.5 Å². The molecule has 0 bridgehead atoms. The number of ether oxygens (including phenoxy) is 2. The molecule has 32 heavy (non-hydrogen) atoms. The normalized spacial score (nSPS) is 15.6. The van der Waals surface area contributed by atoms with Crippen LogP contribution in [0.3, 0.4) is 0 Å². The molecule has 2 heterocycles. The molecule has 1 atom stereocenters. The van der Waals surface area contributed by atoms with Crippen LogP contribution in [0.1, 0.15) is 12.8 Å². The molecule has 9 heteroatoms. The summed E-state index contributed by atoms with van der Waals surface area (Å²) in [5.74, 6) is 1.72. The third kappa shape index (κ3) is 5.65. The molecule has 2 aromatic carbocycles. The van der Waals surface area contributed by atoms with Crippen LogP contribution in [0, 0.1) is 0 Å². The smallest absolute Gasteiger partial charge is 0.234 e. The van der Waals surface area contributed by atoms with E-state index in [4.69, 9.17) is 9.47 Å². The lowest BCUT2D eigenvalue weighted by molar-refractivity contribution is -0.113. The SMILES string of the molecule is COc1ccc(-c2nnc(SCC(=O)Nc3ccc(SC)cc3)n2CC2CCCO2)cc1. The molecule has 0 aliphatic carbocycles. The fraction of sp³-hybridized carbons (Fsp3) is 0.348. The first kappa shape index (κ1) is 22.7. The molecular weight excluding hydrogens is 444 g/mol. The Morgan fingerprint density at radius 2 is 1.97 bits per heavy atom. The molecular formula is C23H26N4O3S2. The highest BCUT2D eigenvalue weighted by atomic mass is 32.2. The molecule has 7 nitrogen and oxygen atoms in total. The number of benzene rings is 2. The van der Waals surface area contributed by atoms with Gasteiger partial charge in [0.25, 0.3) is 0 Å². The van der Waals surface area contributed by atoms with Crippen molar-refractivity contribution in [3.05, 3.63) is 48.5 Å². The van der Waals surface area contributed by atoms with Crippen molar-refractivity contribution in [3.63, 3.8) is 0 Å². The minimum Gasteiger partial charge on any atom is -0.497 e. The monoisotopic (exact) mass is 470 g/mol. The van der Waals surface area contributed by atoms with Crippen molar-refractivity contribution in [1.82, 2.24) is 14.8 Å². The van der Waals surface area contributed by atoms with Gasteiger partial charge in [0.15, 0.2) is 11.0 Å². The molecule has 1 aromatic heterocycles. The summed E-state index contributed by atoms with van der Waals surface area (Å²) in [7, 11) is 1.64. The Morgan fingerprint density at radius 1 is 1.19 bits per heavy atom. The minimum absolute atomic E-state index is 0.0791. The number of carbonyl (C=O) groups excluding carboxylic acids is 1. The second-order valence-electron chi connectivity index (χ2n) is 7.35. The minimum atomic E-state index is -0.0791. The van der Waals surface area contributed by atoms with Crippen LogP contribution in [-0.2, 0) is 16.1 Å².